The Morgan fingerprint density at radius 3 is 2.42 bits per heavy atom. The molecule has 1 fully saturated rings. The van der Waals surface area contributed by atoms with Crippen LogP contribution in [-0.2, 0) is 11.3 Å². The van der Waals surface area contributed by atoms with Gasteiger partial charge in [0.25, 0.3) is 17.9 Å². The van der Waals surface area contributed by atoms with Crippen molar-refractivity contribution < 1.29 is 24.2 Å². The number of halogens is 1. The van der Waals surface area contributed by atoms with Crippen LogP contribution in [0.3, 0.4) is 0 Å². The lowest BCUT2D eigenvalue weighted by atomic mass is 10.1. The van der Waals surface area contributed by atoms with Crippen LogP contribution in [0.2, 0.25) is 0 Å². The normalized spacial score (nSPS) is 13.9. The van der Waals surface area contributed by atoms with Gasteiger partial charge in [0.05, 0.1) is 11.2 Å². The van der Waals surface area contributed by atoms with Crippen molar-refractivity contribution in [1.29, 1.82) is 0 Å². The first-order chi connectivity index (χ1) is 17.2. The molecule has 0 atom stereocenters. The summed E-state index contributed by atoms with van der Waals surface area (Å²) in [6.07, 6.45) is 0. The number of carbonyl (C=O) groups excluding carboxylic acids is 1. The predicted octanol–water partition coefficient (Wildman–Crippen LogP) is 3.21. The molecule has 0 unspecified atom stereocenters. The Balaban J connectivity index is 0.00000115. The fourth-order valence-corrected chi connectivity index (χ4v) is 4.21. The lowest BCUT2D eigenvalue weighted by molar-refractivity contribution is -0.122. The number of benzene rings is 2. The van der Waals surface area contributed by atoms with Crippen LogP contribution in [0.5, 0.6) is 5.75 Å². The van der Waals surface area contributed by atoms with Crippen molar-refractivity contribution in [3.8, 4) is 5.75 Å². The average molecular weight is 499 g/mol. The van der Waals surface area contributed by atoms with Gasteiger partial charge in [-0.2, -0.15) is 0 Å². The zero-order chi connectivity index (χ0) is 26.4. The third kappa shape index (κ3) is 5.83. The second kappa shape index (κ2) is 11.7. The molecule has 36 heavy (non-hydrogen) atoms. The fourth-order valence-electron chi connectivity index (χ4n) is 4.21. The summed E-state index contributed by atoms with van der Waals surface area (Å²) in [7, 11) is 2.02. The Hall–Kier alpha value is -3.92. The van der Waals surface area contributed by atoms with E-state index in [0.29, 0.717) is 41.9 Å². The van der Waals surface area contributed by atoms with Crippen molar-refractivity contribution in [1.82, 2.24) is 9.47 Å². The zero-order valence-electron chi connectivity index (χ0n) is 20.6. The molecule has 0 spiro atoms. The molecule has 2 aromatic carbocycles. The number of likely N-dealkylation sites (N-methyl/N-ethyl adjacent to an activating group) is 1. The minimum Gasteiger partial charge on any atom is -0.506 e. The summed E-state index contributed by atoms with van der Waals surface area (Å²) in [5.41, 5.74) is 0.460. The Morgan fingerprint density at radius 2 is 1.78 bits per heavy atom. The molecule has 1 saturated heterocycles. The van der Waals surface area contributed by atoms with Crippen LogP contribution in [0.4, 0.5) is 15.8 Å². The Bertz CT molecular complexity index is 1300. The SMILES string of the molecule is CC(C)Cn1c(=O)c(C(=O)Nc2ccc(F)c(N3CCN(C)CC3)c2)c(O)c2ccccc21.O=CO. The maximum Gasteiger partial charge on any atom is 0.290 e. The summed E-state index contributed by atoms with van der Waals surface area (Å²) in [6, 6.07) is 11.3. The Labute approximate surface area is 208 Å². The van der Waals surface area contributed by atoms with Gasteiger partial charge < -0.3 is 29.9 Å². The van der Waals surface area contributed by atoms with E-state index in [1.807, 2.05) is 25.8 Å². The molecule has 1 aliphatic heterocycles. The zero-order valence-corrected chi connectivity index (χ0v) is 20.6. The van der Waals surface area contributed by atoms with E-state index < -0.39 is 11.5 Å². The quantitative estimate of drug-likeness (QED) is 0.463. The maximum atomic E-state index is 14.5. The number of rotatable bonds is 5. The van der Waals surface area contributed by atoms with Crippen molar-refractivity contribution in [3.05, 3.63) is 64.2 Å². The molecule has 9 nitrogen and oxygen atoms in total. The molecule has 1 amide bonds. The van der Waals surface area contributed by atoms with Crippen LogP contribution in [0.15, 0.2) is 47.3 Å². The lowest BCUT2D eigenvalue weighted by Crippen LogP contribution is -2.44. The number of hydrogen-bond donors (Lipinski definition) is 3. The number of aromatic hydroxyl groups is 1. The van der Waals surface area contributed by atoms with Crippen molar-refractivity contribution in [2.45, 2.75) is 20.4 Å². The molecule has 2 heterocycles. The first kappa shape index (κ1) is 26.7. The number of carboxylic acid groups (broad SMARTS) is 1. The van der Waals surface area contributed by atoms with Gasteiger partial charge in [-0.05, 0) is 43.3 Å². The van der Waals surface area contributed by atoms with Gasteiger partial charge >= 0.3 is 0 Å². The molecular weight excluding hydrogens is 467 g/mol. The highest BCUT2D eigenvalue weighted by molar-refractivity contribution is 6.09. The van der Waals surface area contributed by atoms with E-state index in [1.54, 1.807) is 30.3 Å². The largest absolute Gasteiger partial charge is 0.506 e. The summed E-state index contributed by atoms with van der Waals surface area (Å²) in [4.78, 5) is 38.9. The minimum absolute atomic E-state index is 0.162. The van der Waals surface area contributed by atoms with Gasteiger partial charge in [-0.1, -0.05) is 26.0 Å². The van der Waals surface area contributed by atoms with Crippen LogP contribution in [0.1, 0.15) is 24.2 Å². The summed E-state index contributed by atoms with van der Waals surface area (Å²) >= 11 is 0. The van der Waals surface area contributed by atoms with Crippen LogP contribution in [0, 0.1) is 11.7 Å². The van der Waals surface area contributed by atoms with Gasteiger partial charge in [0, 0.05) is 43.8 Å². The predicted molar refractivity (Wildman–Crippen MR) is 137 cm³/mol. The monoisotopic (exact) mass is 498 g/mol. The highest BCUT2D eigenvalue weighted by Gasteiger charge is 2.24. The number of aromatic nitrogens is 1. The van der Waals surface area contributed by atoms with Gasteiger partial charge in [0.15, 0.2) is 0 Å². The third-order valence-electron chi connectivity index (χ3n) is 5.97. The minimum atomic E-state index is -0.725. The second-order valence-electron chi connectivity index (χ2n) is 9.07. The molecule has 4 rings (SSSR count). The van der Waals surface area contributed by atoms with Crippen LogP contribution < -0.4 is 15.8 Å². The average Bonchev–Trinajstić information content (AvgIpc) is 2.84. The first-order valence-corrected chi connectivity index (χ1v) is 11.6. The number of para-hydroxylation sites is 1. The van der Waals surface area contributed by atoms with Crippen LogP contribution >= 0.6 is 0 Å². The Morgan fingerprint density at radius 1 is 1.14 bits per heavy atom. The van der Waals surface area contributed by atoms with Crippen LogP contribution in [0.25, 0.3) is 10.9 Å². The van der Waals surface area contributed by atoms with Crippen molar-refractivity contribution in [2.75, 3.05) is 43.4 Å². The van der Waals surface area contributed by atoms with Gasteiger partial charge in [-0.15, -0.1) is 0 Å². The molecule has 3 aromatic rings. The molecule has 192 valence electrons. The number of piperazine rings is 1. The van der Waals surface area contributed by atoms with Gasteiger partial charge in [0.2, 0.25) is 0 Å². The summed E-state index contributed by atoms with van der Waals surface area (Å²) in [5.74, 6) is -1.29. The van der Waals surface area contributed by atoms with E-state index >= 15 is 0 Å². The number of pyridine rings is 1. The van der Waals surface area contributed by atoms with Gasteiger partial charge in [-0.3, -0.25) is 14.4 Å². The second-order valence-corrected chi connectivity index (χ2v) is 9.07. The molecule has 10 heteroatoms. The van der Waals surface area contributed by atoms with E-state index in [4.69, 9.17) is 9.90 Å². The summed E-state index contributed by atoms with van der Waals surface area (Å²) in [5, 5.41) is 20.8. The van der Waals surface area contributed by atoms with Crippen molar-refractivity contribution >= 4 is 34.7 Å². The fraction of sp³-hybridized carbons (Fsp3) is 0.346. The molecule has 3 N–H and O–H groups in total. The molecule has 1 aromatic heterocycles. The van der Waals surface area contributed by atoms with E-state index in [9.17, 15) is 19.1 Å². The topological polar surface area (TPSA) is 115 Å². The Kier molecular flexibility index (Phi) is 8.65. The summed E-state index contributed by atoms with van der Waals surface area (Å²) < 4.78 is 16.1. The number of fused-ring (bicyclic) bond motifs is 1. The third-order valence-corrected chi connectivity index (χ3v) is 5.97. The number of amides is 1. The van der Waals surface area contributed by atoms with E-state index in [1.165, 1.54) is 16.7 Å². The maximum absolute atomic E-state index is 14.5. The number of nitrogens with one attached hydrogen (secondary N) is 1. The number of hydrogen-bond acceptors (Lipinski definition) is 6. The molecule has 0 aliphatic carbocycles. The first-order valence-electron chi connectivity index (χ1n) is 11.6. The smallest absolute Gasteiger partial charge is 0.290 e. The molecule has 1 aliphatic rings. The van der Waals surface area contributed by atoms with Gasteiger partial charge in [-0.25, -0.2) is 4.39 Å². The number of anilines is 2. The molecular formula is C26H31FN4O5. The number of nitrogens with zero attached hydrogens (tertiary/aromatic N) is 3. The van der Waals surface area contributed by atoms with Crippen molar-refractivity contribution in [2.24, 2.45) is 5.92 Å². The number of carbonyl (C=O) groups is 2. The van der Waals surface area contributed by atoms with Gasteiger partial charge in [0.1, 0.15) is 17.1 Å². The van der Waals surface area contributed by atoms with Crippen molar-refractivity contribution in [3.63, 3.8) is 0 Å². The highest BCUT2D eigenvalue weighted by atomic mass is 19.1. The molecule has 0 bridgehead atoms. The summed E-state index contributed by atoms with van der Waals surface area (Å²) in [6.45, 7) is 7.10. The van der Waals surface area contributed by atoms with E-state index in [0.717, 1.165) is 13.1 Å². The van der Waals surface area contributed by atoms with Crippen LogP contribution in [-0.4, -0.2) is 65.3 Å². The molecule has 0 radical (unpaired) electrons. The standard InChI is InChI=1S/C25H29FN4O3.CH2O2/c1-16(2)15-30-20-7-5-4-6-18(20)23(31)22(25(30)33)24(32)27-17-8-9-19(26)21(14-17)29-12-10-28(3)11-13-29;2-1-3/h4-9,14,16,31H,10-13,15H2,1-3H3,(H,27,32);1H,(H,2,3). The van der Waals surface area contributed by atoms with E-state index in [-0.39, 0.29) is 29.5 Å². The molecule has 0 saturated carbocycles. The lowest BCUT2D eigenvalue weighted by Gasteiger charge is -2.34. The highest BCUT2D eigenvalue weighted by Crippen LogP contribution is 2.29. The van der Waals surface area contributed by atoms with E-state index in [2.05, 4.69) is 10.2 Å².